The van der Waals surface area contributed by atoms with Crippen LogP contribution in [0.25, 0.3) is 55.3 Å². The lowest BCUT2D eigenvalue weighted by molar-refractivity contribution is 0.0760. The van der Waals surface area contributed by atoms with Gasteiger partial charge in [-0.2, -0.15) is 0 Å². The molecule has 56 heavy (non-hydrogen) atoms. The summed E-state index contributed by atoms with van der Waals surface area (Å²) >= 11 is 0. The van der Waals surface area contributed by atoms with E-state index in [1.807, 2.05) is 133 Å². The van der Waals surface area contributed by atoms with Gasteiger partial charge in [-0.25, -0.2) is 0 Å². The fourth-order valence-electron chi connectivity index (χ4n) is 9.11. The van der Waals surface area contributed by atoms with Crippen LogP contribution in [0.3, 0.4) is 0 Å². The number of hydrogen-bond donors (Lipinski definition) is 2. The van der Waals surface area contributed by atoms with Gasteiger partial charge in [0.2, 0.25) is 0 Å². The zero-order valence-corrected chi connectivity index (χ0v) is 30.7. The second-order valence-corrected chi connectivity index (χ2v) is 14.6. The van der Waals surface area contributed by atoms with E-state index in [-0.39, 0.29) is 0 Å². The van der Waals surface area contributed by atoms with Crippen LogP contribution in [0.1, 0.15) is 33.4 Å². The topological polar surface area (TPSA) is 40.5 Å². The lowest BCUT2D eigenvalue weighted by atomic mass is 9.59. The molecule has 2 unspecified atom stereocenters. The van der Waals surface area contributed by atoms with Crippen molar-refractivity contribution in [2.45, 2.75) is 11.2 Å². The summed E-state index contributed by atoms with van der Waals surface area (Å²) in [5.74, 6) is 0. The maximum Gasteiger partial charge on any atom is 0.142 e. The predicted octanol–water partition coefficient (Wildman–Crippen LogP) is 12.4. The summed E-state index contributed by atoms with van der Waals surface area (Å²) < 4.78 is 0. The molecule has 2 atom stereocenters. The van der Waals surface area contributed by atoms with Gasteiger partial charge < -0.3 is 10.2 Å². The molecule has 9 aromatic rings. The Bertz CT molecular complexity index is 2640. The molecule has 0 radical (unpaired) electrons. The number of hydrogen-bond acceptors (Lipinski definition) is 2. The smallest absolute Gasteiger partial charge is 0.142 e. The van der Waals surface area contributed by atoms with E-state index in [4.69, 9.17) is 0 Å². The molecule has 0 aromatic heterocycles. The van der Waals surface area contributed by atoms with Gasteiger partial charge in [0.1, 0.15) is 11.2 Å². The van der Waals surface area contributed by atoms with E-state index < -0.39 is 11.2 Å². The minimum absolute atomic E-state index is 0.632. The molecule has 0 heterocycles. The normalized spacial score (nSPS) is 17.2. The zero-order chi connectivity index (χ0) is 37.7. The first-order valence-corrected chi connectivity index (χ1v) is 19.1. The first-order chi connectivity index (χ1) is 27.6. The molecule has 0 aliphatic heterocycles. The first-order valence-electron chi connectivity index (χ1n) is 19.1. The number of benzene rings is 9. The fourth-order valence-corrected chi connectivity index (χ4v) is 9.11. The van der Waals surface area contributed by atoms with Crippen LogP contribution >= 0.6 is 0 Å². The second-order valence-electron chi connectivity index (χ2n) is 14.6. The van der Waals surface area contributed by atoms with Gasteiger partial charge in [-0.15, -0.1) is 0 Å². The van der Waals surface area contributed by atoms with Crippen LogP contribution in [-0.4, -0.2) is 10.2 Å². The third-order valence-corrected chi connectivity index (χ3v) is 11.6. The number of aliphatic hydroxyl groups is 2. The third-order valence-electron chi connectivity index (χ3n) is 11.6. The molecule has 0 spiro atoms. The molecule has 9 aromatic carbocycles. The van der Waals surface area contributed by atoms with Crippen LogP contribution in [0, 0.1) is 0 Å². The highest BCUT2D eigenvalue weighted by Crippen LogP contribution is 2.61. The number of rotatable bonds is 6. The van der Waals surface area contributed by atoms with Crippen LogP contribution < -0.4 is 0 Å². The molecule has 0 saturated heterocycles. The van der Waals surface area contributed by atoms with E-state index in [9.17, 15) is 10.2 Å². The largest absolute Gasteiger partial charge is 0.376 e. The van der Waals surface area contributed by atoms with Gasteiger partial charge in [0.15, 0.2) is 0 Å². The molecule has 0 bridgehead atoms. The molecule has 0 fully saturated rings. The van der Waals surface area contributed by atoms with Crippen molar-refractivity contribution in [3.05, 3.63) is 252 Å². The van der Waals surface area contributed by atoms with Gasteiger partial charge >= 0.3 is 0 Å². The summed E-state index contributed by atoms with van der Waals surface area (Å²) in [5.41, 5.74) is 8.25. The molecule has 1 aliphatic rings. The Morgan fingerprint density at radius 1 is 0.286 bits per heavy atom. The van der Waals surface area contributed by atoms with Gasteiger partial charge in [-0.1, -0.05) is 206 Å². The van der Waals surface area contributed by atoms with Gasteiger partial charge in [0.05, 0.1) is 0 Å². The third kappa shape index (κ3) is 5.12. The highest BCUT2D eigenvalue weighted by molar-refractivity contribution is 6.10. The Balaban J connectivity index is 1.50. The summed E-state index contributed by atoms with van der Waals surface area (Å²) in [6.07, 6.45) is 0. The molecule has 266 valence electrons. The summed E-state index contributed by atoms with van der Waals surface area (Å²) in [6.45, 7) is 0. The van der Waals surface area contributed by atoms with Gasteiger partial charge in [-0.3, -0.25) is 0 Å². The van der Waals surface area contributed by atoms with E-state index in [0.29, 0.717) is 22.3 Å². The van der Waals surface area contributed by atoms with Crippen molar-refractivity contribution in [3.8, 4) is 44.5 Å². The lowest BCUT2D eigenvalue weighted by Crippen LogP contribution is -2.45. The van der Waals surface area contributed by atoms with Crippen LogP contribution in [0.15, 0.2) is 218 Å². The minimum atomic E-state index is -1.72. The Morgan fingerprint density at radius 3 is 0.875 bits per heavy atom. The van der Waals surface area contributed by atoms with E-state index in [1.165, 1.54) is 0 Å². The monoisotopic (exact) mass is 718 g/mol. The fraction of sp³-hybridized carbons (Fsp3) is 0.0370. The molecule has 2 heteroatoms. The standard InChI is InChI=1S/C54H38O2/c55-53(41-29-15-5-16-30-41)47-35-45(37-21-7-1-8-22-37)46(38-23-9-2-10-24-38)36-48(47)54(56,42-31-17-6-18-32-42)52-50(40-27-13-4-14-28-40)44-34-20-19-33-43(44)49(51(52)53)39-25-11-3-12-26-39/h1-36,55-56H. The lowest BCUT2D eigenvalue weighted by Gasteiger charge is -2.48. The average molecular weight is 719 g/mol. The van der Waals surface area contributed by atoms with Crippen molar-refractivity contribution < 1.29 is 10.2 Å². The van der Waals surface area contributed by atoms with Crippen LogP contribution in [0.2, 0.25) is 0 Å². The van der Waals surface area contributed by atoms with E-state index in [0.717, 1.165) is 66.4 Å². The molecule has 0 amide bonds. The van der Waals surface area contributed by atoms with Crippen molar-refractivity contribution in [1.29, 1.82) is 0 Å². The summed E-state index contributed by atoms with van der Waals surface area (Å²) in [7, 11) is 0. The molecular formula is C54H38O2. The Labute approximate surface area is 327 Å². The van der Waals surface area contributed by atoms with Gasteiger partial charge in [0.25, 0.3) is 0 Å². The summed E-state index contributed by atoms with van der Waals surface area (Å²) in [5, 5.41) is 30.8. The molecular weight excluding hydrogens is 681 g/mol. The van der Waals surface area contributed by atoms with E-state index in [2.05, 4.69) is 84.9 Å². The Hall–Kier alpha value is -6.84. The maximum absolute atomic E-state index is 14.4. The summed E-state index contributed by atoms with van der Waals surface area (Å²) in [6, 6.07) is 74.1. The maximum atomic E-state index is 14.4. The minimum Gasteiger partial charge on any atom is -0.376 e. The van der Waals surface area contributed by atoms with Crippen molar-refractivity contribution in [2.75, 3.05) is 0 Å². The van der Waals surface area contributed by atoms with E-state index in [1.54, 1.807) is 0 Å². The quantitative estimate of drug-likeness (QED) is 0.180. The van der Waals surface area contributed by atoms with Crippen molar-refractivity contribution in [2.24, 2.45) is 0 Å². The van der Waals surface area contributed by atoms with Crippen LogP contribution in [0.5, 0.6) is 0 Å². The molecule has 0 saturated carbocycles. The molecule has 2 nitrogen and oxygen atoms in total. The van der Waals surface area contributed by atoms with Crippen LogP contribution in [-0.2, 0) is 11.2 Å². The zero-order valence-electron chi connectivity index (χ0n) is 30.7. The van der Waals surface area contributed by atoms with Gasteiger partial charge in [-0.05, 0) is 78.5 Å². The Kier molecular flexibility index (Phi) is 8.11. The van der Waals surface area contributed by atoms with Crippen molar-refractivity contribution in [1.82, 2.24) is 0 Å². The first kappa shape index (κ1) is 33.7. The van der Waals surface area contributed by atoms with Crippen molar-refractivity contribution >= 4 is 10.8 Å². The second kappa shape index (κ2) is 13.5. The van der Waals surface area contributed by atoms with Crippen molar-refractivity contribution in [3.63, 3.8) is 0 Å². The van der Waals surface area contributed by atoms with E-state index >= 15 is 0 Å². The SMILES string of the molecule is OC1(c2ccccc2)c2cc(-c3ccccc3)c(-c3ccccc3)cc2C(O)(c2ccccc2)c2c1c(-c1ccccc1)c1ccccc1c2-c1ccccc1. The predicted molar refractivity (Wildman–Crippen MR) is 229 cm³/mol. The van der Waals surface area contributed by atoms with Crippen LogP contribution in [0.4, 0.5) is 0 Å². The molecule has 10 rings (SSSR count). The molecule has 2 N–H and O–H groups in total. The highest BCUT2D eigenvalue weighted by atomic mass is 16.3. The molecule has 1 aliphatic carbocycles. The average Bonchev–Trinajstić information content (AvgIpc) is 3.28. The summed E-state index contributed by atoms with van der Waals surface area (Å²) in [4.78, 5) is 0. The van der Waals surface area contributed by atoms with Gasteiger partial charge in [0, 0.05) is 22.3 Å². The Morgan fingerprint density at radius 2 is 0.554 bits per heavy atom. The highest BCUT2D eigenvalue weighted by Gasteiger charge is 2.54. The number of fused-ring (bicyclic) bond motifs is 3.